The third kappa shape index (κ3) is 10.9. The largest absolute Gasteiger partial charge is 0.436 e. The molecule has 2 N–H and O–H groups in total. The van der Waals surface area contributed by atoms with Crippen LogP contribution in [0.15, 0.2) is 59.3 Å². The molecule has 0 saturated carbocycles. The minimum Gasteiger partial charge on any atom is -0.436 e. The molecule has 1 atom stereocenters. The summed E-state index contributed by atoms with van der Waals surface area (Å²) in [6.07, 6.45) is 1.50. The summed E-state index contributed by atoms with van der Waals surface area (Å²) in [4.78, 5) is 43.5. The molecule has 0 aliphatic carbocycles. The number of pyridine rings is 1. The smallest absolute Gasteiger partial charge is 0.408 e. The number of hydrogen-bond donors (Lipinski definition) is 2. The quantitative estimate of drug-likeness (QED) is 0.394. The number of nitrogens with zero attached hydrogens (tertiary/aromatic N) is 3. The van der Waals surface area contributed by atoms with E-state index in [0.717, 1.165) is 11.1 Å². The number of ether oxygens (including phenoxy) is 1. The number of ketones is 1. The molecule has 0 spiro atoms. The highest BCUT2D eigenvalue weighted by atomic mass is 32.2. The third-order valence-corrected chi connectivity index (χ3v) is 4.99. The van der Waals surface area contributed by atoms with Gasteiger partial charge in [-0.3, -0.25) is 14.6 Å². The molecule has 1 aromatic carbocycles. The summed E-state index contributed by atoms with van der Waals surface area (Å²) >= 11 is 0. The van der Waals surface area contributed by atoms with E-state index in [0.29, 0.717) is 0 Å². The van der Waals surface area contributed by atoms with Crippen LogP contribution in [0, 0.1) is 5.92 Å². The van der Waals surface area contributed by atoms with Gasteiger partial charge in [-0.1, -0.05) is 48.7 Å². The van der Waals surface area contributed by atoms with Crippen LogP contribution in [0.5, 0.6) is 0 Å². The fourth-order valence-corrected chi connectivity index (χ4v) is 3.30. The van der Waals surface area contributed by atoms with E-state index >= 15 is 0 Å². The Bertz CT molecular complexity index is 1100. The summed E-state index contributed by atoms with van der Waals surface area (Å²) in [6, 6.07) is 12.6. The summed E-state index contributed by atoms with van der Waals surface area (Å²) in [5.74, 6) is -0.988. The maximum atomic E-state index is 13.4. The molecule has 2 amide bonds. The van der Waals surface area contributed by atoms with E-state index in [2.05, 4.69) is 20.2 Å². The Labute approximate surface area is 205 Å². The molecular weight excluding hydrogens is 474 g/mol. The van der Waals surface area contributed by atoms with Gasteiger partial charge in [-0.25, -0.2) is 4.79 Å². The minimum atomic E-state index is -2.71. The van der Waals surface area contributed by atoms with Crippen LogP contribution in [-0.4, -0.2) is 55.3 Å². The molecule has 12 heteroatoms. The molecular formula is C23H29N5O6S. The number of amides is 2. The first-order chi connectivity index (χ1) is 16.7. The lowest BCUT2D eigenvalue weighted by Gasteiger charge is -2.28. The standard InChI is InChI=1S/C23H29N5O6S/c1-17(2)12-21(34-23(31)25-13-18-6-4-3-5-7-18)22(30)28(15-19-8-10-24-11-9-19)16-20(29)14-26-27-35(32)33/h3-11,17,21,26H,12-16H2,1-2H3,(H,25,31)/t21-/m0/s1. The maximum Gasteiger partial charge on any atom is 0.408 e. The molecule has 0 saturated heterocycles. The molecule has 2 rings (SSSR count). The molecule has 0 fully saturated rings. The van der Waals surface area contributed by atoms with E-state index in [4.69, 9.17) is 4.74 Å². The zero-order chi connectivity index (χ0) is 25.6. The second-order valence-corrected chi connectivity index (χ2v) is 8.71. The predicted octanol–water partition coefficient (Wildman–Crippen LogP) is 1.89. The highest BCUT2D eigenvalue weighted by molar-refractivity contribution is 7.61. The van der Waals surface area contributed by atoms with Crippen LogP contribution in [0.3, 0.4) is 0 Å². The molecule has 1 aromatic heterocycles. The van der Waals surface area contributed by atoms with Crippen molar-refractivity contribution in [2.24, 2.45) is 10.4 Å². The summed E-state index contributed by atoms with van der Waals surface area (Å²) in [7, 11) is -2.71. The summed E-state index contributed by atoms with van der Waals surface area (Å²) < 4.78 is 29.5. The van der Waals surface area contributed by atoms with Gasteiger partial charge in [-0.05, 0) is 35.6 Å². The van der Waals surface area contributed by atoms with E-state index in [-0.39, 0.29) is 38.5 Å². The van der Waals surface area contributed by atoms with Gasteiger partial charge in [0.25, 0.3) is 5.91 Å². The Kier molecular flexibility index (Phi) is 11.5. The molecule has 0 bridgehead atoms. The molecule has 11 nitrogen and oxygen atoms in total. The van der Waals surface area contributed by atoms with Gasteiger partial charge in [0, 0.05) is 25.5 Å². The highest BCUT2D eigenvalue weighted by Gasteiger charge is 2.30. The van der Waals surface area contributed by atoms with Crippen LogP contribution in [0.1, 0.15) is 31.4 Å². The zero-order valence-corrected chi connectivity index (χ0v) is 20.4. The number of alkyl carbamates (subject to hydrolysis) is 1. The van der Waals surface area contributed by atoms with Crippen LogP contribution < -0.4 is 10.7 Å². The first kappa shape index (κ1) is 27.6. The molecule has 0 aliphatic heterocycles. The lowest BCUT2D eigenvalue weighted by molar-refractivity contribution is -0.144. The first-order valence-corrected chi connectivity index (χ1v) is 12.0. The summed E-state index contributed by atoms with van der Waals surface area (Å²) in [5.41, 5.74) is 3.73. The van der Waals surface area contributed by atoms with Crippen molar-refractivity contribution in [3.05, 3.63) is 66.0 Å². The molecule has 188 valence electrons. The van der Waals surface area contributed by atoms with Crippen LogP contribution in [0.2, 0.25) is 0 Å². The number of rotatable bonds is 13. The third-order valence-electron chi connectivity index (χ3n) is 4.71. The number of aromatic nitrogens is 1. The monoisotopic (exact) mass is 503 g/mol. The summed E-state index contributed by atoms with van der Waals surface area (Å²) in [5, 5.41) is 2.64. The first-order valence-electron chi connectivity index (χ1n) is 11.0. The predicted molar refractivity (Wildman–Crippen MR) is 127 cm³/mol. The topological polar surface area (TPSA) is 147 Å². The van der Waals surface area contributed by atoms with Crippen molar-refractivity contribution in [3.63, 3.8) is 0 Å². The van der Waals surface area contributed by atoms with Gasteiger partial charge in [-0.15, -0.1) is 0 Å². The van der Waals surface area contributed by atoms with Crippen molar-refractivity contribution < 1.29 is 27.5 Å². The lowest BCUT2D eigenvalue weighted by Crippen LogP contribution is -2.46. The van der Waals surface area contributed by atoms with Crippen molar-refractivity contribution in [2.75, 3.05) is 13.1 Å². The van der Waals surface area contributed by atoms with Crippen LogP contribution in [0.4, 0.5) is 4.79 Å². The number of nitrogens with one attached hydrogen (secondary N) is 2. The van der Waals surface area contributed by atoms with Gasteiger partial charge in [-0.2, -0.15) is 13.8 Å². The molecule has 0 radical (unpaired) electrons. The SMILES string of the molecule is CC(C)C[C@H](OC(=O)NCc1ccccc1)C(=O)N(CC(=O)CNN=S(=O)=O)Cc1ccncc1. The maximum absolute atomic E-state index is 13.4. The van der Waals surface area contributed by atoms with Crippen molar-refractivity contribution >= 4 is 28.3 Å². The fourth-order valence-electron chi connectivity index (χ4n) is 3.13. The Morgan fingerprint density at radius 1 is 1.06 bits per heavy atom. The fraction of sp³-hybridized carbons (Fsp3) is 0.391. The number of Topliss-reactive ketones (excluding diaryl/α,β-unsaturated/α-hetero) is 1. The summed E-state index contributed by atoms with van der Waals surface area (Å²) in [6.45, 7) is 3.36. The van der Waals surface area contributed by atoms with Gasteiger partial charge in [0.05, 0.1) is 13.1 Å². The van der Waals surface area contributed by atoms with E-state index in [9.17, 15) is 22.8 Å². The average Bonchev–Trinajstić information content (AvgIpc) is 2.82. The van der Waals surface area contributed by atoms with E-state index in [1.807, 2.05) is 44.2 Å². The number of benzene rings is 1. The minimum absolute atomic E-state index is 0.0249. The lowest BCUT2D eigenvalue weighted by atomic mass is 10.0. The van der Waals surface area contributed by atoms with Gasteiger partial charge in [0.2, 0.25) is 0 Å². The van der Waals surface area contributed by atoms with Crippen molar-refractivity contribution in [1.82, 2.24) is 20.6 Å². The van der Waals surface area contributed by atoms with E-state index < -0.39 is 34.4 Å². The van der Waals surface area contributed by atoms with Gasteiger partial charge < -0.3 is 15.0 Å². The van der Waals surface area contributed by atoms with Crippen molar-refractivity contribution in [3.8, 4) is 0 Å². The second-order valence-electron chi connectivity index (χ2n) is 8.09. The number of carbonyl (C=O) groups is 3. The van der Waals surface area contributed by atoms with E-state index in [1.54, 1.807) is 24.5 Å². The normalized spacial score (nSPS) is 11.4. The van der Waals surface area contributed by atoms with Gasteiger partial charge >= 0.3 is 16.6 Å². The van der Waals surface area contributed by atoms with Gasteiger partial charge in [0.15, 0.2) is 11.9 Å². The second kappa shape index (κ2) is 14.6. The number of hydrogen-bond acceptors (Lipinski definition) is 8. The molecule has 0 aliphatic rings. The van der Waals surface area contributed by atoms with Crippen LogP contribution in [0.25, 0.3) is 0 Å². The van der Waals surface area contributed by atoms with Crippen LogP contribution in [-0.2, 0) is 37.9 Å². The van der Waals surface area contributed by atoms with Crippen LogP contribution >= 0.6 is 0 Å². The van der Waals surface area contributed by atoms with Gasteiger partial charge in [0.1, 0.15) is 0 Å². The number of carbonyl (C=O) groups excluding carboxylic acids is 3. The van der Waals surface area contributed by atoms with Crippen molar-refractivity contribution in [2.45, 2.75) is 39.5 Å². The molecule has 2 aromatic rings. The molecule has 0 unspecified atom stereocenters. The highest BCUT2D eigenvalue weighted by Crippen LogP contribution is 2.15. The molecule has 1 heterocycles. The van der Waals surface area contributed by atoms with Crippen molar-refractivity contribution in [1.29, 1.82) is 0 Å². The Morgan fingerprint density at radius 3 is 2.37 bits per heavy atom. The Morgan fingerprint density at radius 2 is 1.74 bits per heavy atom. The molecule has 35 heavy (non-hydrogen) atoms. The van der Waals surface area contributed by atoms with E-state index in [1.165, 1.54) is 4.90 Å². The zero-order valence-electron chi connectivity index (χ0n) is 19.6. The average molecular weight is 504 g/mol. The Balaban J connectivity index is 2.13. The Hall–Kier alpha value is -3.64.